The third kappa shape index (κ3) is 5.62. The molecule has 6 nitrogen and oxygen atoms in total. The molecule has 1 aromatic carbocycles. The van der Waals surface area contributed by atoms with Crippen molar-refractivity contribution in [2.24, 2.45) is 0 Å². The SMILES string of the molecule is C=C(C)CCCNc1cnc(Sc2cccc(S(C)(=N)=O)c2Cl)c(N)n1. The zero-order valence-electron chi connectivity index (χ0n) is 14.7. The molecule has 0 saturated carbocycles. The van der Waals surface area contributed by atoms with E-state index in [0.29, 0.717) is 20.6 Å². The number of nitrogens with one attached hydrogen (secondary N) is 2. The molecule has 1 atom stereocenters. The van der Waals surface area contributed by atoms with E-state index in [-0.39, 0.29) is 10.8 Å². The van der Waals surface area contributed by atoms with Crippen molar-refractivity contribution in [1.82, 2.24) is 9.97 Å². The summed E-state index contributed by atoms with van der Waals surface area (Å²) in [4.78, 5) is 9.58. The Labute approximate surface area is 163 Å². The molecule has 0 aliphatic rings. The number of halogens is 1. The van der Waals surface area contributed by atoms with Crippen molar-refractivity contribution in [2.75, 3.05) is 23.9 Å². The number of nitrogens with two attached hydrogens (primary N) is 1. The van der Waals surface area contributed by atoms with Crippen molar-refractivity contribution in [3.63, 3.8) is 0 Å². The highest BCUT2D eigenvalue weighted by Gasteiger charge is 2.15. The average molecular weight is 412 g/mol. The largest absolute Gasteiger partial charge is 0.381 e. The van der Waals surface area contributed by atoms with Crippen LogP contribution >= 0.6 is 23.4 Å². The first kappa shape index (κ1) is 20.5. The maximum atomic E-state index is 12.0. The molecule has 0 aliphatic carbocycles. The molecular weight excluding hydrogens is 390 g/mol. The normalized spacial score (nSPS) is 13.2. The summed E-state index contributed by atoms with van der Waals surface area (Å²) in [5, 5.41) is 3.96. The van der Waals surface area contributed by atoms with E-state index in [4.69, 9.17) is 22.1 Å². The summed E-state index contributed by atoms with van der Waals surface area (Å²) in [5.74, 6) is 0.889. The molecule has 26 heavy (non-hydrogen) atoms. The Bertz CT molecular complexity index is 915. The van der Waals surface area contributed by atoms with Crippen LogP contribution in [0.4, 0.5) is 11.6 Å². The number of benzene rings is 1. The summed E-state index contributed by atoms with van der Waals surface area (Å²) in [6.07, 6.45) is 4.87. The molecule has 0 fully saturated rings. The molecule has 0 spiro atoms. The Balaban J connectivity index is 2.13. The number of hydrogen-bond acceptors (Lipinski definition) is 7. The third-order valence-electron chi connectivity index (χ3n) is 3.40. The van der Waals surface area contributed by atoms with Crippen LogP contribution in [0.15, 0.2) is 51.4 Å². The molecule has 0 aliphatic heterocycles. The van der Waals surface area contributed by atoms with Crippen LogP contribution in [0.1, 0.15) is 19.8 Å². The molecule has 1 heterocycles. The molecule has 0 saturated heterocycles. The fraction of sp³-hybridized carbons (Fsp3) is 0.294. The summed E-state index contributed by atoms with van der Waals surface area (Å²) in [6.45, 7) is 6.64. The van der Waals surface area contributed by atoms with Gasteiger partial charge in [-0.1, -0.05) is 35.0 Å². The fourth-order valence-corrected chi connectivity index (χ4v) is 4.49. The maximum absolute atomic E-state index is 12.0. The summed E-state index contributed by atoms with van der Waals surface area (Å²) < 4.78 is 19.7. The predicted octanol–water partition coefficient (Wildman–Crippen LogP) is 4.67. The average Bonchev–Trinajstić information content (AvgIpc) is 2.54. The maximum Gasteiger partial charge on any atom is 0.158 e. The van der Waals surface area contributed by atoms with Crippen molar-refractivity contribution in [3.8, 4) is 0 Å². The number of aromatic nitrogens is 2. The molecule has 1 aromatic heterocycles. The second-order valence-corrected chi connectivity index (χ2v) is 9.48. The fourth-order valence-electron chi connectivity index (χ4n) is 2.14. The van der Waals surface area contributed by atoms with E-state index in [1.807, 2.05) is 6.92 Å². The van der Waals surface area contributed by atoms with Gasteiger partial charge in [0.15, 0.2) is 5.82 Å². The summed E-state index contributed by atoms with van der Waals surface area (Å²) >= 11 is 7.54. The first-order valence-electron chi connectivity index (χ1n) is 7.89. The van der Waals surface area contributed by atoms with Crippen LogP contribution in [0.25, 0.3) is 0 Å². The molecule has 2 aromatic rings. The lowest BCUT2D eigenvalue weighted by atomic mass is 10.2. The van der Waals surface area contributed by atoms with Gasteiger partial charge in [0.05, 0.1) is 25.8 Å². The van der Waals surface area contributed by atoms with Crippen LogP contribution in [0.2, 0.25) is 5.02 Å². The van der Waals surface area contributed by atoms with E-state index in [1.165, 1.54) is 18.0 Å². The monoisotopic (exact) mass is 411 g/mol. The second-order valence-electron chi connectivity index (χ2n) is 5.95. The Morgan fingerprint density at radius 3 is 2.85 bits per heavy atom. The highest BCUT2D eigenvalue weighted by Crippen LogP contribution is 2.37. The molecule has 9 heteroatoms. The van der Waals surface area contributed by atoms with Crippen molar-refractivity contribution >= 4 is 44.7 Å². The molecule has 2 rings (SSSR count). The summed E-state index contributed by atoms with van der Waals surface area (Å²) in [7, 11) is -2.91. The number of rotatable bonds is 8. The number of anilines is 2. The number of nitrogen functional groups attached to an aromatic ring is 1. The van der Waals surface area contributed by atoms with Gasteiger partial charge in [0.1, 0.15) is 10.8 Å². The number of nitrogens with zero attached hydrogens (tertiary/aromatic N) is 2. The van der Waals surface area contributed by atoms with Gasteiger partial charge < -0.3 is 11.1 Å². The van der Waals surface area contributed by atoms with Gasteiger partial charge in [0.2, 0.25) is 0 Å². The lowest BCUT2D eigenvalue weighted by molar-refractivity contribution is 0.679. The van der Waals surface area contributed by atoms with Crippen molar-refractivity contribution in [3.05, 3.63) is 41.6 Å². The topological polar surface area (TPSA) is 105 Å². The van der Waals surface area contributed by atoms with E-state index in [2.05, 4.69) is 21.9 Å². The van der Waals surface area contributed by atoms with E-state index in [0.717, 1.165) is 25.0 Å². The zero-order valence-corrected chi connectivity index (χ0v) is 17.1. The summed E-state index contributed by atoms with van der Waals surface area (Å²) in [6, 6.07) is 5.07. The van der Waals surface area contributed by atoms with Gasteiger partial charge in [-0.15, -0.1) is 6.58 Å². The minimum absolute atomic E-state index is 0.281. The molecule has 0 bridgehead atoms. The zero-order chi connectivity index (χ0) is 19.3. The minimum atomic E-state index is -2.91. The Hall–Kier alpha value is -1.77. The van der Waals surface area contributed by atoms with Gasteiger partial charge in [0.25, 0.3) is 0 Å². The van der Waals surface area contributed by atoms with E-state index >= 15 is 0 Å². The molecular formula is C17H22ClN5OS2. The molecule has 140 valence electrons. The van der Waals surface area contributed by atoms with Gasteiger partial charge in [0, 0.05) is 17.7 Å². The van der Waals surface area contributed by atoms with Crippen LogP contribution in [0, 0.1) is 4.78 Å². The standard InChI is InChI=1S/C17H22ClN5OS2/c1-11(2)6-5-9-21-14-10-22-17(16(19)23-14)25-12-7-4-8-13(15(12)18)26(3,20)24/h4,7-8,10,20H,1,5-6,9H2,2-3H3,(H3,19,21,23). The Morgan fingerprint density at radius 2 is 2.23 bits per heavy atom. The first-order chi connectivity index (χ1) is 12.2. The number of hydrogen-bond donors (Lipinski definition) is 3. The van der Waals surface area contributed by atoms with Gasteiger partial charge >= 0.3 is 0 Å². The van der Waals surface area contributed by atoms with Crippen molar-refractivity contribution < 1.29 is 4.21 Å². The minimum Gasteiger partial charge on any atom is -0.381 e. The van der Waals surface area contributed by atoms with Crippen molar-refractivity contribution in [1.29, 1.82) is 4.78 Å². The predicted molar refractivity (Wildman–Crippen MR) is 110 cm³/mol. The van der Waals surface area contributed by atoms with Crippen LogP contribution in [-0.4, -0.2) is 27.0 Å². The number of allylic oxidation sites excluding steroid dienone is 1. The van der Waals surface area contributed by atoms with Gasteiger partial charge in [-0.3, -0.25) is 0 Å². The smallest absolute Gasteiger partial charge is 0.158 e. The van der Waals surface area contributed by atoms with Crippen LogP contribution in [-0.2, 0) is 9.73 Å². The highest BCUT2D eigenvalue weighted by atomic mass is 35.5. The Kier molecular flexibility index (Phi) is 6.91. The van der Waals surface area contributed by atoms with Gasteiger partial charge in [-0.05, 0) is 31.9 Å². The first-order valence-corrected chi connectivity index (χ1v) is 11.1. The second kappa shape index (κ2) is 8.75. The van der Waals surface area contributed by atoms with Gasteiger partial charge in [-0.2, -0.15) is 0 Å². The molecule has 0 amide bonds. The summed E-state index contributed by atoms with van der Waals surface area (Å²) in [5.41, 5.74) is 7.16. The van der Waals surface area contributed by atoms with Gasteiger partial charge in [-0.25, -0.2) is 19.0 Å². The molecule has 4 N–H and O–H groups in total. The van der Waals surface area contributed by atoms with Crippen LogP contribution in [0.3, 0.4) is 0 Å². The Morgan fingerprint density at radius 1 is 1.50 bits per heavy atom. The van der Waals surface area contributed by atoms with Crippen molar-refractivity contribution in [2.45, 2.75) is 34.6 Å². The van der Waals surface area contributed by atoms with E-state index in [1.54, 1.807) is 24.4 Å². The quantitative estimate of drug-likeness (QED) is 0.430. The van der Waals surface area contributed by atoms with E-state index in [9.17, 15) is 4.21 Å². The molecule has 0 radical (unpaired) electrons. The lowest BCUT2D eigenvalue weighted by Crippen LogP contribution is -2.06. The van der Waals surface area contributed by atoms with Crippen LogP contribution in [0.5, 0.6) is 0 Å². The molecule has 1 unspecified atom stereocenters. The third-order valence-corrected chi connectivity index (χ3v) is 6.28. The van der Waals surface area contributed by atoms with Crippen LogP contribution < -0.4 is 11.1 Å². The highest BCUT2D eigenvalue weighted by molar-refractivity contribution is 7.99. The lowest BCUT2D eigenvalue weighted by Gasteiger charge is -2.11. The van der Waals surface area contributed by atoms with E-state index < -0.39 is 9.73 Å².